The molecule has 0 bridgehead atoms. The van der Waals surface area contributed by atoms with Crippen LogP contribution in [-0.4, -0.2) is 22.2 Å². The van der Waals surface area contributed by atoms with Crippen molar-refractivity contribution in [2.75, 3.05) is 5.88 Å². The highest BCUT2D eigenvalue weighted by atomic mass is 35.5. The summed E-state index contributed by atoms with van der Waals surface area (Å²) in [6.07, 6.45) is -1.86. The summed E-state index contributed by atoms with van der Waals surface area (Å²) in [7, 11) is 0. The first-order chi connectivity index (χ1) is 6.69. The summed E-state index contributed by atoms with van der Waals surface area (Å²) < 4.78 is 0. The van der Waals surface area contributed by atoms with Gasteiger partial charge in [0.05, 0.1) is 12.0 Å². The molecule has 2 unspecified atom stereocenters. The van der Waals surface area contributed by atoms with Gasteiger partial charge in [0.25, 0.3) is 0 Å². The molecular weight excluding hydrogens is 202 g/mol. The van der Waals surface area contributed by atoms with E-state index in [1.165, 1.54) is 0 Å². The molecule has 0 amide bonds. The summed E-state index contributed by atoms with van der Waals surface area (Å²) >= 11 is 5.43. The fourth-order valence-corrected chi connectivity index (χ4v) is 1.33. The molecule has 4 heteroatoms. The summed E-state index contributed by atoms with van der Waals surface area (Å²) in [5.41, 5.74) is 7.06. The maximum Gasteiger partial charge on any atom is 0.106 e. The van der Waals surface area contributed by atoms with Crippen molar-refractivity contribution >= 4 is 11.6 Å². The third kappa shape index (κ3) is 2.69. The molecule has 0 fully saturated rings. The number of nitrogens with two attached hydrogens (primary N) is 1. The second-order valence-corrected chi connectivity index (χ2v) is 3.42. The van der Waals surface area contributed by atoms with Crippen molar-refractivity contribution in [3.63, 3.8) is 0 Å². The van der Waals surface area contributed by atoms with E-state index >= 15 is 0 Å². The molecule has 0 spiro atoms. The predicted molar refractivity (Wildman–Crippen MR) is 56.0 cm³/mol. The highest BCUT2D eigenvalue weighted by Crippen LogP contribution is 2.18. The smallest absolute Gasteiger partial charge is 0.106 e. The van der Waals surface area contributed by atoms with E-state index in [0.717, 1.165) is 5.56 Å². The Morgan fingerprint density at radius 3 is 2.21 bits per heavy atom. The number of aliphatic hydroxyl groups excluding tert-OH is 2. The number of hydrogen-bond acceptors (Lipinski definition) is 3. The van der Waals surface area contributed by atoms with Gasteiger partial charge in [-0.2, -0.15) is 0 Å². The van der Waals surface area contributed by atoms with Gasteiger partial charge in [-0.25, -0.2) is 0 Å². The number of hydrogen-bond donors (Lipinski definition) is 3. The number of rotatable bonds is 4. The largest absolute Gasteiger partial charge is 0.389 e. The third-order valence-corrected chi connectivity index (χ3v) is 2.40. The normalized spacial score (nSPS) is 15.1. The molecular formula is C10H14ClNO2. The third-order valence-electron chi connectivity index (χ3n) is 2.08. The number of halogens is 1. The molecule has 1 aromatic rings. The molecule has 2 atom stereocenters. The zero-order chi connectivity index (χ0) is 10.6. The second kappa shape index (κ2) is 5.32. The van der Waals surface area contributed by atoms with Crippen LogP contribution in [0.3, 0.4) is 0 Å². The average molecular weight is 216 g/mol. The molecule has 1 aromatic carbocycles. The highest BCUT2D eigenvalue weighted by molar-refractivity contribution is 6.18. The molecule has 0 aliphatic heterocycles. The lowest BCUT2D eigenvalue weighted by atomic mass is 10.0. The molecule has 0 radical (unpaired) electrons. The molecule has 3 nitrogen and oxygen atoms in total. The number of alkyl halides is 1. The Morgan fingerprint density at radius 2 is 1.79 bits per heavy atom. The number of aliphatic hydroxyl groups is 2. The van der Waals surface area contributed by atoms with Crippen LogP contribution in [0.15, 0.2) is 24.3 Å². The van der Waals surface area contributed by atoms with E-state index in [1.54, 1.807) is 12.1 Å². The summed E-state index contributed by atoms with van der Waals surface area (Å²) in [4.78, 5) is 0. The Balaban J connectivity index is 2.75. The van der Waals surface area contributed by atoms with Crippen LogP contribution in [-0.2, 0) is 6.54 Å². The fourth-order valence-electron chi connectivity index (χ4n) is 1.16. The van der Waals surface area contributed by atoms with Crippen LogP contribution in [0.4, 0.5) is 0 Å². The Kier molecular flexibility index (Phi) is 4.35. The Morgan fingerprint density at radius 1 is 1.21 bits per heavy atom. The zero-order valence-corrected chi connectivity index (χ0v) is 8.48. The summed E-state index contributed by atoms with van der Waals surface area (Å²) in [6.45, 7) is 0.467. The minimum Gasteiger partial charge on any atom is -0.389 e. The summed E-state index contributed by atoms with van der Waals surface area (Å²) in [5.74, 6) is 0.0137. The molecule has 0 heterocycles. The van der Waals surface area contributed by atoms with Gasteiger partial charge in [-0.15, -0.1) is 11.6 Å². The maximum atomic E-state index is 9.59. The second-order valence-electron chi connectivity index (χ2n) is 3.11. The van der Waals surface area contributed by atoms with Gasteiger partial charge in [-0.05, 0) is 11.1 Å². The lowest BCUT2D eigenvalue weighted by molar-refractivity contribution is 0.0327. The lowest BCUT2D eigenvalue weighted by Gasteiger charge is -2.15. The highest BCUT2D eigenvalue weighted by Gasteiger charge is 2.16. The van der Waals surface area contributed by atoms with Gasteiger partial charge in [0.15, 0.2) is 0 Å². The molecule has 1 rings (SSSR count). The van der Waals surface area contributed by atoms with E-state index in [9.17, 15) is 10.2 Å². The predicted octanol–water partition coefficient (Wildman–Crippen LogP) is 0.778. The van der Waals surface area contributed by atoms with Crippen molar-refractivity contribution in [3.05, 3.63) is 35.4 Å². The van der Waals surface area contributed by atoms with Crippen molar-refractivity contribution in [2.45, 2.75) is 18.8 Å². The van der Waals surface area contributed by atoms with Crippen molar-refractivity contribution in [1.29, 1.82) is 0 Å². The maximum absolute atomic E-state index is 9.59. The molecule has 4 N–H and O–H groups in total. The average Bonchev–Trinajstić information content (AvgIpc) is 2.27. The Labute approximate surface area is 88.1 Å². The molecule has 0 aromatic heterocycles. The summed E-state index contributed by atoms with van der Waals surface area (Å²) in [6, 6.07) is 7.12. The zero-order valence-electron chi connectivity index (χ0n) is 7.73. The van der Waals surface area contributed by atoms with E-state index in [2.05, 4.69) is 0 Å². The first-order valence-corrected chi connectivity index (χ1v) is 4.93. The standard InChI is InChI=1S/C10H14ClNO2/c11-5-9(13)10(14)8-3-1-7(6-12)2-4-8/h1-4,9-10,13-14H,5-6,12H2. The van der Waals surface area contributed by atoms with E-state index in [0.29, 0.717) is 12.1 Å². The van der Waals surface area contributed by atoms with Crippen LogP contribution in [0.1, 0.15) is 17.2 Å². The number of benzene rings is 1. The van der Waals surface area contributed by atoms with Crippen LogP contribution in [0.5, 0.6) is 0 Å². The quantitative estimate of drug-likeness (QED) is 0.651. The van der Waals surface area contributed by atoms with Gasteiger partial charge < -0.3 is 15.9 Å². The molecule has 0 aliphatic carbocycles. The Hall–Kier alpha value is -0.610. The minimum atomic E-state index is -0.931. The molecule has 14 heavy (non-hydrogen) atoms. The van der Waals surface area contributed by atoms with Crippen molar-refractivity contribution in [1.82, 2.24) is 0 Å². The van der Waals surface area contributed by atoms with Gasteiger partial charge in [0.1, 0.15) is 6.10 Å². The van der Waals surface area contributed by atoms with Gasteiger partial charge in [-0.1, -0.05) is 24.3 Å². The Bertz CT molecular complexity index is 276. The van der Waals surface area contributed by atoms with E-state index < -0.39 is 12.2 Å². The van der Waals surface area contributed by atoms with Crippen molar-refractivity contribution in [3.8, 4) is 0 Å². The summed E-state index contributed by atoms with van der Waals surface area (Å²) in [5, 5.41) is 18.9. The SMILES string of the molecule is NCc1ccc(C(O)C(O)CCl)cc1. The fraction of sp³-hybridized carbons (Fsp3) is 0.400. The van der Waals surface area contributed by atoms with Crippen LogP contribution in [0.25, 0.3) is 0 Å². The topological polar surface area (TPSA) is 66.5 Å². The van der Waals surface area contributed by atoms with E-state index in [4.69, 9.17) is 17.3 Å². The minimum absolute atomic E-state index is 0.0137. The molecule has 0 saturated carbocycles. The molecule has 0 aliphatic rings. The van der Waals surface area contributed by atoms with Crippen LogP contribution >= 0.6 is 11.6 Å². The molecule has 78 valence electrons. The van der Waals surface area contributed by atoms with Gasteiger partial charge in [-0.3, -0.25) is 0 Å². The van der Waals surface area contributed by atoms with Gasteiger partial charge in [0.2, 0.25) is 0 Å². The van der Waals surface area contributed by atoms with Crippen LogP contribution in [0.2, 0.25) is 0 Å². The molecule has 0 saturated heterocycles. The van der Waals surface area contributed by atoms with Crippen LogP contribution in [0, 0.1) is 0 Å². The van der Waals surface area contributed by atoms with Gasteiger partial charge >= 0.3 is 0 Å². The van der Waals surface area contributed by atoms with E-state index in [-0.39, 0.29) is 5.88 Å². The first kappa shape index (κ1) is 11.5. The van der Waals surface area contributed by atoms with Crippen molar-refractivity contribution < 1.29 is 10.2 Å². The monoisotopic (exact) mass is 215 g/mol. The first-order valence-electron chi connectivity index (χ1n) is 4.40. The van der Waals surface area contributed by atoms with E-state index in [1.807, 2.05) is 12.1 Å². The van der Waals surface area contributed by atoms with Gasteiger partial charge in [0, 0.05) is 6.54 Å². The van der Waals surface area contributed by atoms with Crippen LogP contribution < -0.4 is 5.73 Å². The lowest BCUT2D eigenvalue weighted by Crippen LogP contribution is -2.19. The van der Waals surface area contributed by atoms with Crippen molar-refractivity contribution in [2.24, 2.45) is 5.73 Å².